The van der Waals surface area contributed by atoms with E-state index in [9.17, 15) is 4.79 Å². The number of anilines is 2. The van der Waals surface area contributed by atoms with Crippen LogP contribution in [0.25, 0.3) is 0 Å². The number of nitrogens with zero attached hydrogens (tertiary/aromatic N) is 3. The smallest absolute Gasteiger partial charge is 0.254 e. The predicted molar refractivity (Wildman–Crippen MR) is 108 cm³/mol. The Labute approximate surface area is 160 Å². The fourth-order valence-corrected chi connectivity index (χ4v) is 4.19. The molecule has 0 bridgehead atoms. The van der Waals surface area contributed by atoms with Gasteiger partial charge in [0.25, 0.3) is 5.56 Å². The van der Waals surface area contributed by atoms with Gasteiger partial charge >= 0.3 is 0 Å². The molecule has 3 atom stereocenters. The van der Waals surface area contributed by atoms with Crippen molar-refractivity contribution in [1.82, 2.24) is 9.97 Å². The summed E-state index contributed by atoms with van der Waals surface area (Å²) in [5.74, 6) is 2.01. The molecule has 4 rings (SSSR count). The summed E-state index contributed by atoms with van der Waals surface area (Å²) >= 11 is 0. The van der Waals surface area contributed by atoms with E-state index in [1.54, 1.807) is 6.07 Å². The number of hydrogen-bond donors (Lipinski definition) is 1. The van der Waals surface area contributed by atoms with Crippen LogP contribution >= 0.6 is 0 Å². The molecule has 1 aromatic heterocycles. The van der Waals surface area contributed by atoms with Gasteiger partial charge in [0.05, 0.1) is 12.7 Å². The molecule has 2 saturated heterocycles. The molecule has 0 radical (unpaired) electrons. The van der Waals surface area contributed by atoms with Crippen LogP contribution in [0.4, 0.5) is 11.8 Å². The lowest BCUT2D eigenvalue weighted by atomic mass is 9.96. The zero-order chi connectivity index (χ0) is 18.8. The second-order valence-corrected chi connectivity index (χ2v) is 7.77. The monoisotopic (exact) mass is 368 g/mol. The van der Waals surface area contributed by atoms with E-state index in [4.69, 9.17) is 9.72 Å². The van der Waals surface area contributed by atoms with Gasteiger partial charge in [-0.05, 0) is 31.2 Å². The third-order valence-corrected chi connectivity index (χ3v) is 5.72. The van der Waals surface area contributed by atoms with Crippen LogP contribution < -0.4 is 15.4 Å². The van der Waals surface area contributed by atoms with Crippen molar-refractivity contribution in [2.75, 3.05) is 36.0 Å². The maximum Gasteiger partial charge on any atom is 0.254 e. The molecular formula is C21H28N4O2. The molecule has 6 heteroatoms. The van der Waals surface area contributed by atoms with Gasteiger partial charge in [-0.25, -0.2) is 0 Å². The number of aromatic amines is 1. The summed E-state index contributed by atoms with van der Waals surface area (Å²) in [4.78, 5) is 24.6. The Balaban J connectivity index is 1.60. The fourth-order valence-electron chi connectivity index (χ4n) is 4.19. The standard InChI is InChI=1S/C21H28N4O2/c1-15-8-9-25(18(15)12-17-6-4-3-5-7-17)21-22-19(13-20(26)23-21)24-10-11-27-16(2)14-24/h3-7,13,15-16,18H,8-12,14H2,1-2H3,(H,22,23,26)/t15-,16?,18+/m1/s1. The number of morpholine rings is 1. The van der Waals surface area contributed by atoms with Crippen LogP contribution in [0.2, 0.25) is 0 Å². The van der Waals surface area contributed by atoms with E-state index in [-0.39, 0.29) is 11.7 Å². The summed E-state index contributed by atoms with van der Waals surface area (Å²) < 4.78 is 5.62. The summed E-state index contributed by atoms with van der Waals surface area (Å²) in [5, 5.41) is 0. The van der Waals surface area contributed by atoms with Crippen LogP contribution in [0.5, 0.6) is 0 Å². The SMILES string of the molecule is CC1CN(c2cc(=O)[nH]c(N3CC[C@@H](C)[C@@H]3Cc3ccccc3)n2)CCO1. The lowest BCUT2D eigenvalue weighted by Crippen LogP contribution is -2.42. The molecule has 0 saturated carbocycles. The minimum Gasteiger partial charge on any atom is -0.375 e. The average Bonchev–Trinajstić information content (AvgIpc) is 3.03. The number of nitrogens with one attached hydrogen (secondary N) is 1. The highest BCUT2D eigenvalue weighted by molar-refractivity contribution is 5.46. The van der Waals surface area contributed by atoms with Crippen LogP contribution in [0.15, 0.2) is 41.2 Å². The molecule has 0 amide bonds. The van der Waals surface area contributed by atoms with E-state index in [1.807, 2.05) is 6.07 Å². The van der Waals surface area contributed by atoms with Crippen molar-refractivity contribution in [3.05, 3.63) is 52.3 Å². The van der Waals surface area contributed by atoms with Gasteiger partial charge in [-0.1, -0.05) is 37.3 Å². The molecule has 144 valence electrons. The number of rotatable bonds is 4. The summed E-state index contributed by atoms with van der Waals surface area (Å²) in [7, 11) is 0. The maximum atomic E-state index is 12.4. The van der Waals surface area contributed by atoms with E-state index in [0.29, 0.717) is 24.5 Å². The number of H-pyrrole nitrogens is 1. The summed E-state index contributed by atoms with van der Waals surface area (Å²) in [5.41, 5.74) is 1.23. The van der Waals surface area contributed by atoms with E-state index in [1.165, 1.54) is 5.56 Å². The van der Waals surface area contributed by atoms with E-state index >= 15 is 0 Å². The predicted octanol–water partition coefficient (Wildman–Crippen LogP) is 2.45. The quantitative estimate of drug-likeness (QED) is 0.898. The number of hydrogen-bond acceptors (Lipinski definition) is 5. The van der Waals surface area contributed by atoms with Gasteiger partial charge in [-0.2, -0.15) is 4.98 Å². The highest BCUT2D eigenvalue weighted by Gasteiger charge is 2.33. The molecule has 0 spiro atoms. The van der Waals surface area contributed by atoms with Crippen LogP contribution in [-0.4, -0.2) is 48.4 Å². The highest BCUT2D eigenvalue weighted by atomic mass is 16.5. The molecule has 1 N–H and O–H groups in total. The third-order valence-electron chi connectivity index (χ3n) is 5.72. The van der Waals surface area contributed by atoms with E-state index in [2.05, 4.69) is 52.9 Å². The Bertz CT molecular complexity index is 822. The number of aromatic nitrogens is 2. The van der Waals surface area contributed by atoms with E-state index in [0.717, 1.165) is 38.3 Å². The topological polar surface area (TPSA) is 61.5 Å². The molecule has 3 heterocycles. The molecule has 27 heavy (non-hydrogen) atoms. The van der Waals surface area contributed by atoms with Crippen LogP contribution in [0.1, 0.15) is 25.8 Å². The van der Waals surface area contributed by atoms with Crippen molar-refractivity contribution < 1.29 is 4.74 Å². The van der Waals surface area contributed by atoms with Crippen molar-refractivity contribution in [1.29, 1.82) is 0 Å². The van der Waals surface area contributed by atoms with Crippen molar-refractivity contribution in [3.8, 4) is 0 Å². The summed E-state index contributed by atoms with van der Waals surface area (Å²) in [6.07, 6.45) is 2.23. The Kier molecular flexibility index (Phi) is 5.16. The Morgan fingerprint density at radius 2 is 2.04 bits per heavy atom. The van der Waals surface area contributed by atoms with Crippen molar-refractivity contribution >= 4 is 11.8 Å². The minimum absolute atomic E-state index is 0.0906. The van der Waals surface area contributed by atoms with Gasteiger partial charge in [-0.15, -0.1) is 0 Å². The first-order valence-corrected chi connectivity index (χ1v) is 9.88. The van der Waals surface area contributed by atoms with Crippen molar-refractivity contribution in [2.24, 2.45) is 5.92 Å². The second kappa shape index (κ2) is 7.72. The highest BCUT2D eigenvalue weighted by Crippen LogP contribution is 2.30. The van der Waals surface area contributed by atoms with Gasteiger partial charge in [0.15, 0.2) is 0 Å². The molecule has 1 unspecified atom stereocenters. The molecule has 1 aromatic carbocycles. The number of ether oxygens (including phenoxy) is 1. The maximum absolute atomic E-state index is 12.4. The van der Waals surface area contributed by atoms with E-state index < -0.39 is 0 Å². The largest absolute Gasteiger partial charge is 0.375 e. The average molecular weight is 368 g/mol. The molecule has 2 aliphatic rings. The lowest BCUT2D eigenvalue weighted by molar-refractivity contribution is 0.0529. The zero-order valence-corrected chi connectivity index (χ0v) is 16.1. The first-order valence-electron chi connectivity index (χ1n) is 9.88. The third kappa shape index (κ3) is 4.00. The first kappa shape index (κ1) is 18.0. The summed E-state index contributed by atoms with van der Waals surface area (Å²) in [6.45, 7) is 7.47. The summed E-state index contributed by atoms with van der Waals surface area (Å²) in [6, 6.07) is 12.5. The van der Waals surface area contributed by atoms with Crippen LogP contribution in [0, 0.1) is 5.92 Å². The van der Waals surface area contributed by atoms with Gasteiger partial charge < -0.3 is 14.5 Å². The fraction of sp³-hybridized carbons (Fsp3) is 0.524. The first-order chi connectivity index (χ1) is 13.1. The molecule has 2 fully saturated rings. The minimum atomic E-state index is -0.0906. The number of benzene rings is 1. The molecular weight excluding hydrogens is 340 g/mol. The Morgan fingerprint density at radius 3 is 2.81 bits per heavy atom. The zero-order valence-electron chi connectivity index (χ0n) is 16.1. The molecule has 2 aromatic rings. The Morgan fingerprint density at radius 1 is 1.22 bits per heavy atom. The molecule has 2 aliphatic heterocycles. The van der Waals surface area contributed by atoms with Crippen molar-refractivity contribution in [3.63, 3.8) is 0 Å². The van der Waals surface area contributed by atoms with Crippen LogP contribution in [0.3, 0.4) is 0 Å². The van der Waals surface area contributed by atoms with Crippen molar-refractivity contribution in [2.45, 2.75) is 38.8 Å². The van der Waals surface area contributed by atoms with Gasteiger partial charge in [0.1, 0.15) is 5.82 Å². The van der Waals surface area contributed by atoms with Gasteiger partial charge in [0, 0.05) is 31.7 Å². The normalized spacial score (nSPS) is 25.8. The second-order valence-electron chi connectivity index (χ2n) is 7.77. The van der Waals surface area contributed by atoms with Crippen LogP contribution in [-0.2, 0) is 11.2 Å². The lowest BCUT2D eigenvalue weighted by Gasteiger charge is -2.33. The van der Waals surface area contributed by atoms with Gasteiger partial charge in [0.2, 0.25) is 5.95 Å². The molecule has 0 aliphatic carbocycles. The Hall–Kier alpha value is -2.34. The van der Waals surface area contributed by atoms with Gasteiger partial charge in [-0.3, -0.25) is 9.78 Å². The molecule has 6 nitrogen and oxygen atoms in total.